The molecule has 0 aliphatic carbocycles. The number of hydrogen-bond donors (Lipinski definition) is 1. The molecule has 31 heavy (non-hydrogen) atoms. The van der Waals surface area contributed by atoms with Crippen LogP contribution in [0.2, 0.25) is 0 Å². The van der Waals surface area contributed by atoms with E-state index in [9.17, 15) is 24.0 Å². The summed E-state index contributed by atoms with van der Waals surface area (Å²) in [5.74, 6) is -2.31. The van der Waals surface area contributed by atoms with Gasteiger partial charge < -0.3 is 14.8 Å². The highest BCUT2D eigenvalue weighted by atomic mass is 16.5. The Bertz CT molecular complexity index is 997. The zero-order chi connectivity index (χ0) is 22.4. The predicted octanol–water partition coefficient (Wildman–Crippen LogP) is 2.31. The quantitative estimate of drug-likeness (QED) is 0.535. The molecule has 2 aromatic carbocycles. The highest BCUT2D eigenvalue weighted by Gasteiger charge is 2.30. The third-order valence-corrected chi connectivity index (χ3v) is 4.43. The zero-order valence-electron chi connectivity index (χ0n) is 16.8. The number of ether oxygens (including phenoxy) is 2. The van der Waals surface area contributed by atoms with Gasteiger partial charge in [-0.3, -0.25) is 19.3 Å². The minimum Gasteiger partial charge on any atom is -0.462 e. The molecule has 3 amide bonds. The lowest BCUT2D eigenvalue weighted by Gasteiger charge is -2.14. The molecule has 0 spiro atoms. The van der Waals surface area contributed by atoms with Crippen molar-refractivity contribution in [3.63, 3.8) is 0 Å². The van der Waals surface area contributed by atoms with Crippen LogP contribution < -0.4 is 10.2 Å². The van der Waals surface area contributed by atoms with E-state index in [0.29, 0.717) is 16.9 Å². The molecule has 0 unspecified atom stereocenters. The zero-order valence-corrected chi connectivity index (χ0v) is 16.8. The molecule has 1 aliphatic rings. The van der Waals surface area contributed by atoms with Gasteiger partial charge in [0.15, 0.2) is 6.61 Å². The smallest absolute Gasteiger partial charge is 0.338 e. The second-order valence-electron chi connectivity index (χ2n) is 6.59. The Hall–Kier alpha value is -4.01. The van der Waals surface area contributed by atoms with E-state index in [-0.39, 0.29) is 36.8 Å². The van der Waals surface area contributed by atoms with E-state index >= 15 is 0 Å². The maximum atomic E-state index is 12.1. The average Bonchev–Trinajstić information content (AvgIpc) is 3.11. The summed E-state index contributed by atoms with van der Waals surface area (Å²) < 4.78 is 9.87. The number of benzene rings is 2. The van der Waals surface area contributed by atoms with Crippen LogP contribution in [0.5, 0.6) is 0 Å². The van der Waals surface area contributed by atoms with Gasteiger partial charge in [-0.25, -0.2) is 9.59 Å². The summed E-state index contributed by atoms with van der Waals surface area (Å²) in [6, 6.07) is 11.9. The Morgan fingerprint density at radius 2 is 1.35 bits per heavy atom. The largest absolute Gasteiger partial charge is 0.462 e. The van der Waals surface area contributed by atoms with Crippen LogP contribution in [0.1, 0.15) is 40.5 Å². The van der Waals surface area contributed by atoms with Crippen LogP contribution in [-0.4, -0.2) is 42.9 Å². The number of esters is 2. The van der Waals surface area contributed by atoms with E-state index in [1.54, 1.807) is 6.92 Å². The molecule has 1 N–H and O–H groups in total. The van der Waals surface area contributed by atoms with Crippen molar-refractivity contribution in [3.8, 4) is 0 Å². The standard InChI is InChI=1S/C22H20N2O7/c1-2-30-21(28)14-3-7-16(8-4-14)23-18(25)13-31-22(29)15-5-9-17(10-6-15)24-19(26)11-12-20(24)27/h3-10H,2,11-13H2,1H3,(H,23,25). The van der Waals surface area contributed by atoms with Crippen molar-refractivity contribution in [2.24, 2.45) is 0 Å². The molecule has 9 nitrogen and oxygen atoms in total. The topological polar surface area (TPSA) is 119 Å². The molecule has 1 fully saturated rings. The fourth-order valence-corrected chi connectivity index (χ4v) is 2.93. The fourth-order valence-electron chi connectivity index (χ4n) is 2.93. The summed E-state index contributed by atoms with van der Waals surface area (Å²) in [5.41, 5.74) is 1.34. The summed E-state index contributed by atoms with van der Waals surface area (Å²) in [7, 11) is 0. The van der Waals surface area contributed by atoms with Gasteiger partial charge in [-0.2, -0.15) is 0 Å². The Labute approximate surface area is 177 Å². The van der Waals surface area contributed by atoms with Crippen molar-refractivity contribution in [2.75, 3.05) is 23.4 Å². The number of anilines is 2. The van der Waals surface area contributed by atoms with E-state index in [1.807, 2.05) is 0 Å². The van der Waals surface area contributed by atoms with Crippen LogP contribution in [0.3, 0.4) is 0 Å². The summed E-state index contributed by atoms with van der Waals surface area (Å²) in [4.78, 5) is 60.4. The lowest BCUT2D eigenvalue weighted by molar-refractivity contribution is -0.121. The van der Waals surface area contributed by atoms with Gasteiger partial charge in [0.25, 0.3) is 5.91 Å². The molecule has 9 heteroatoms. The first-order valence-electron chi connectivity index (χ1n) is 9.59. The first-order chi connectivity index (χ1) is 14.9. The van der Waals surface area contributed by atoms with Crippen molar-refractivity contribution in [3.05, 3.63) is 59.7 Å². The first-order valence-corrected chi connectivity index (χ1v) is 9.59. The van der Waals surface area contributed by atoms with Crippen LogP contribution in [0.25, 0.3) is 0 Å². The van der Waals surface area contributed by atoms with Crippen molar-refractivity contribution in [1.82, 2.24) is 0 Å². The predicted molar refractivity (Wildman–Crippen MR) is 109 cm³/mol. The van der Waals surface area contributed by atoms with Gasteiger partial charge in [0, 0.05) is 18.5 Å². The van der Waals surface area contributed by atoms with E-state index in [1.165, 1.54) is 48.5 Å². The lowest BCUT2D eigenvalue weighted by Crippen LogP contribution is -2.28. The minimum atomic E-state index is -0.724. The fraction of sp³-hybridized carbons (Fsp3) is 0.227. The van der Waals surface area contributed by atoms with Gasteiger partial charge in [-0.1, -0.05) is 0 Å². The minimum absolute atomic E-state index is 0.170. The van der Waals surface area contributed by atoms with Crippen molar-refractivity contribution < 1.29 is 33.4 Å². The van der Waals surface area contributed by atoms with E-state index in [4.69, 9.17) is 9.47 Å². The maximum Gasteiger partial charge on any atom is 0.338 e. The number of carbonyl (C=O) groups excluding carboxylic acids is 5. The first kappa shape index (κ1) is 21.7. The van der Waals surface area contributed by atoms with Crippen LogP contribution in [0, 0.1) is 0 Å². The molecule has 0 saturated carbocycles. The van der Waals surface area contributed by atoms with E-state index in [2.05, 4.69) is 5.32 Å². The van der Waals surface area contributed by atoms with Gasteiger partial charge >= 0.3 is 11.9 Å². The SMILES string of the molecule is CCOC(=O)c1ccc(NC(=O)COC(=O)c2ccc(N3C(=O)CCC3=O)cc2)cc1. The molecule has 0 radical (unpaired) electrons. The molecule has 0 bridgehead atoms. The molecule has 1 aliphatic heterocycles. The van der Waals surface area contributed by atoms with Gasteiger partial charge in [-0.15, -0.1) is 0 Å². The molecular weight excluding hydrogens is 404 g/mol. The normalized spacial score (nSPS) is 13.1. The van der Waals surface area contributed by atoms with Crippen LogP contribution in [0.4, 0.5) is 11.4 Å². The molecule has 2 aromatic rings. The van der Waals surface area contributed by atoms with E-state index < -0.39 is 24.5 Å². The molecule has 0 aromatic heterocycles. The summed E-state index contributed by atoms with van der Waals surface area (Å²) in [5, 5.41) is 2.55. The number of hydrogen-bond acceptors (Lipinski definition) is 7. The van der Waals surface area contributed by atoms with Gasteiger partial charge in [0.2, 0.25) is 11.8 Å². The molecule has 1 saturated heterocycles. The molecule has 160 valence electrons. The maximum absolute atomic E-state index is 12.1. The average molecular weight is 424 g/mol. The summed E-state index contributed by atoms with van der Waals surface area (Å²) in [6.45, 7) is 1.46. The Morgan fingerprint density at radius 1 is 0.839 bits per heavy atom. The van der Waals surface area contributed by atoms with Gasteiger partial charge in [-0.05, 0) is 55.5 Å². The Balaban J connectivity index is 1.51. The second kappa shape index (κ2) is 9.66. The summed E-state index contributed by atoms with van der Waals surface area (Å²) in [6.07, 6.45) is 0.340. The molecular formula is C22H20N2O7. The summed E-state index contributed by atoms with van der Waals surface area (Å²) >= 11 is 0. The number of carbonyl (C=O) groups is 5. The van der Waals surface area contributed by atoms with Crippen LogP contribution in [0.15, 0.2) is 48.5 Å². The third-order valence-electron chi connectivity index (χ3n) is 4.43. The number of rotatable bonds is 7. The lowest BCUT2D eigenvalue weighted by atomic mass is 10.2. The number of imide groups is 1. The van der Waals surface area contributed by atoms with Crippen molar-refractivity contribution >= 4 is 41.0 Å². The van der Waals surface area contributed by atoms with Gasteiger partial charge in [0.1, 0.15) is 0 Å². The highest BCUT2D eigenvalue weighted by molar-refractivity contribution is 6.19. The van der Waals surface area contributed by atoms with Gasteiger partial charge in [0.05, 0.1) is 23.4 Å². The van der Waals surface area contributed by atoms with Crippen molar-refractivity contribution in [2.45, 2.75) is 19.8 Å². The third kappa shape index (κ3) is 5.33. The molecule has 0 atom stereocenters. The number of nitrogens with one attached hydrogen (secondary N) is 1. The number of nitrogens with zero attached hydrogens (tertiary/aromatic N) is 1. The number of amides is 3. The molecule has 3 rings (SSSR count). The van der Waals surface area contributed by atoms with E-state index in [0.717, 1.165) is 4.90 Å². The Morgan fingerprint density at radius 3 is 1.90 bits per heavy atom. The molecule has 1 heterocycles. The second-order valence-corrected chi connectivity index (χ2v) is 6.59. The highest BCUT2D eigenvalue weighted by Crippen LogP contribution is 2.23. The van der Waals surface area contributed by atoms with Crippen LogP contribution in [-0.2, 0) is 23.9 Å². The van der Waals surface area contributed by atoms with Crippen LogP contribution >= 0.6 is 0 Å². The van der Waals surface area contributed by atoms with Crippen molar-refractivity contribution in [1.29, 1.82) is 0 Å². The Kier molecular flexibility index (Phi) is 6.76. The monoisotopic (exact) mass is 424 g/mol.